The maximum atomic E-state index is 10.5. The SMILES string of the molecule is CCC[C]([SiH](O[Si](C)(C)C)O[Si](C)(C)C)C(C)(O)CO. The summed E-state index contributed by atoms with van der Waals surface area (Å²) in [7, 11) is -5.64. The van der Waals surface area contributed by atoms with Gasteiger partial charge in [-0.3, -0.25) is 0 Å². The van der Waals surface area contributed by atoms with Crippen LogP contribution in [-0.4, -0.2) is 48.3 Å². The third kappa shape index (κ3) is 8.06. The minimum atomic E-state index is -2.13. The molecule has 2 N–H and O–H groups in total. The first-order valence-corrected chi connectivity index (χ1v) is 15.7. The number of rotatable bonds is 9. The lowest BCUT2D eigenvalue weighted by molar-refractivity contribution is 0.0162. The summed E-state index contributed by atoms with van der Waals surface area (Å²) in [6.45, 7) is 16.3. The number of hydrogen-bond acceptors (Lipinski definition) is 4. The van der Waals surface area contributed by atoms with E-state index in [9.17, 15) is 10.2 Å². The minimum Gasteiger partial charge on any atom is -0.438 e. The normalized spacial score (nSPS) is 16.8. The van der Waals surface area contributed by atoms with Gasteiger partial charge in [0.05, 0.1) is 17.7 Å². The van der Waals surface area contributed by atoms with Gasteiger partial charge in [-0.25, -0.2) is 0 Å². The summed E-state index contributed by atoms with van der Waals surface area (Å²) in [5.74, 6) is 0. The highest BCUT2D eigenvalue weighted by Crippen LogP contribution is 2.31. The third-order valence-electron chi connectivity index (χ3n) is 2.72. The fourth-order valence-corrected chi connectivity index (χ4v) is 9.85. The summed E-state index contributed by atoms with van der Waals surface area (Å²) in [6, 6.07) is 0. The lowest BCUT2D eigenvalue weighted by Gasteiger charge is -2.40. The van der Waals surface area contributed by atoms with Crippen LogP contribution in [0.15, 0.2) is 0 Å². The van der Waals surface area contributed by atoms with E-state index >= 15 is 0 Å². The standard InChI is InChI=1S/C13H33O4Si3/c1-9-10-12(13(2,15)11-14)18(16-19(3,4)5)17-20(6,7)8/h14-15,18H,9-11H2,1-8H3. The molecule has 0 bridgehead atoms. The molecule has 1 unspecified atom stereocenters. The van der Waals surface area contributed by atoms with Crippen LogP contribution in [0.1, 0.15) is 26.7 Å². The van der Waals surface area contributed by atoms with E-state index in [1.165, 1.54) is 0 Å². The van der Waals surface area contributed by atoms with E-state index in [1.807, 2.05) is 0 Å². The summed E-state index contributed by atoms with van der Waals surface area (Å²) < 4.78 is 12.6. The molecule has 4 nitrogen and oxygen atoms in total. The van der Waals surface area contributed by atoms with Crippen molar-refractivity contribution in [2.75, 3.05) is 6.61 Å². The van der Waals surface area contributed by atoms with Crippen molar-refractivity contribution < 1.29 is 18.4 Å². The Hall–Kier alpha value is 0.491. The number of hydrogen-bond donors (Lipinski definition) is 2. The molecular weight excluding hydrogens is 304 g/mol. The van der Waals surface area contributed by atoms with Crippen LogP contribution >= 0.6 is 0 Å². The molecule has 0 aromatic heterocycles. The zero-order valence-corrected chi connectivity index (χ0v) is 17.6. The van der Waals surface area contributed by atoms with E-state index in [-0.39, 0.29) is 6.61 Å². The van der Waals surface area contributed by atoms with Gasteiger partial charge in [-0.15, -0.1) is 0 Å². The summed E-state index contributed by atoms with van der Waals surface area (Å²) in [4.78, 5) is 0. The molecule has 0 aliphatic heterocycles. The van der Waals surface area contributed by atoms with Crippen LogP contribution in [0.25, 0.3) is 0 Å². The first-order valence-electron chi connectivity index (χ1n) is 7.37. The van der Waals surface area contributed by atoms with Gasteiger partial charge in [0.2, 0.25) is 0 Å². The van der Waals surface area contributed by atoms with Crippen LogP contribution in [-0.2, 0) is 8.23 Å². The fraction of sp³-hybridized carbons (Fsp3) is 0.923. The molecule has 0 aromatic rings. The van der Waals surface area contributed by atoms with Crippen molar-refractivity contribution in [2.45, 2.75) is 71.6 Å². The fourth-order valence-electron chi connectivity index (χ4n) is 1.82. The molecule has 0 fully saturated rings. The van der Waals surface area contributed by atoms with Gasteiger partial charge in [-0.05, 0) is 52.6 Å². The van der Waals surface area contributed by atoms with Gasteiger partial charge in [-0.2, -0.15) is 0 Å². The van der Waals surface area contributed by atoms with Crippen LogP contribution in [0.3, 0.4) is 0 Å². The van der Waals surface area contributed by atoms with E-state index in [1.54, 1.807) is 6.92 Å². The van der Waals surface area contributed by atoms with E-state index in [2.05, 4.69) is 46.2 Å². The molecule has 1 radical (unpaired) electrons. The van der Waals surface area contributed by atoms with Crippen molar-refractivity contribution >= 4 is 25.9 Å². The smallest absolute Gasteiger partial charge is 0.310 e. The highest BCUT2D eigenvalue weighted by molar-refractivity contribution is 6.82. The van der Waals surface area contributed by atoms with E-state index < -0.39 is 31.5 Å². The Morgan fingerprint density at radius 3 is 1.70 bits per heavy atom. The molecular formula is C13H33O4Si3. The molecule has 7 heteroatoms. The Kier molecular flexibility index (Phi) is 7.85. The zero-order valence-electron chi connectivity index (χ0n) is 14.4. The molecule has 0 spiro atoms. The predicted octanol–water partition coefficient (Wildman–Crippen LogP) is 2.57. The molecule has 0 heterocycles. The molecule has 0 aliphatic carbocycles. The molecule has 0 saturated carbocycles. The van der Waals surface area contributed by atoms with Crippen molar-refractivity contribution in [2.24, 2.45) is 0 Å². The van der Waals surface area contributed by atoms with Gasteiger partial charge in [0.25, 0.3) is 0 Å². The van der Waals surface area contributed by atoms with Gasteiger partial charge in [0, 0.05) is 0 Å². The molecule has 121 valence electrons. The zero-order chi connectivity index (χ0) is 16.2. The monoisotopic (exact) mass is 337 g/mol. The van der Waals surface area contributed by atoms with E-state index in [0.29, 0.717) is 0 Å². The predicted molar refractivity (Wildman–Crippen MR) is 91.9 cm³/mol. The van der Waals surface area contributed by atoms with E-state index in [4.69, 9.17) is 8.23 Å². The van der Waals surface area contributed by atoms with Gasteiger partial charge in [0.15, 0.2) is 16.6 Å². The summed E-state index contributed by atoms with van der Waals surface area (Å²) in [6.07, 6.45) is 1.67. The third-order valence-corrected chi connectivity index (χ3v) is 11.6. The van der Waals surface area contributed by atoms with Crippen LogP contribution in [0.4, 0.5) is 0 Å². The number of aliphatic hydroxyl groups excluding tert-OH is 1. The van der Waals surface area contributed by atoms with Crippen LogP contribution in [0.2, 0.25) is 39.3 Å². The highest BCUT2D eigenvalue weighted by atomic mass is 28.4. The summed E-state index contributed by atoms with van der Waals surface area (Å²) >= 11 is 0. The van der Waals surface area contributed by atoms with Crippen LogP contribution in [0, 0.1) is 5.54 Å². The molecule has 1 atom stereocenters. The Bertz CT molecular complexity index is 268. The van der Waals surface area contributed by atoms with Crippen LogP contribution < -0.4 is 0 Å². The highest BCUT2D eigenvalue weighted by Gasteiger charge is 2.44. The molecule has 20 heavy (non-hydrogen) atoms. The maximum absolute atomic E-state index is 10.5. The maximum Gasteiger partial charge on any atom is 0.310 e. The second-order valence-corrected chi connectivity index (χ2v) is 19.2. The lowest BCUT2D eigenvalue weighted by Crippen LogP contribution is -2.54. The first kappa shape index (κ1) is 20.5. The molecule has 0 amide bonds. The van der Waals surface area contributed by atoms with Crippen molar-refractivity contribution in [3.8, 4) is 0 Å². The van der Waals surface area contributed by atoms with Gasteiger partial charge < -0.3 is 18.4 Å². The van der Waals surface area contributed by atoms with Gasteiger partial charge >= 0.3 is 9.28 Å². The van der Waals surface area contributed by atoms with Crippen LogP contribution in [0.5, 0.6) is 0 Å². The second kappa shape index (κ2) is 7.66. The Labute approximate surface area is 128 Å². The Morgan fingerprint density at radius 1 is 1.05 bits per heavy atom. The van der Waals surface area contributed by atoms with Crippen molar-refractivity contribution in [3.63, 3.8) is 0 Å². The molecule has 0 saturated heterocycles. The van der Waals surface area contributed by atoms with Crippen molar-refractivity contribution in [1.29, 1.82) is 0 Å². The Morgan fingerprint density at radius 2 is 1.45 bits per heavy atom. The van der Waals surface area contributed by atoms with Crippen molar-refractivity contribution in [3.05, 3.63) is 5.54 Å². The van der Waals surface area contributed by atoms with Gasteiger partial charge in [-0.1, -0.05) is 13.3 Å². The van der Waals surface area contributed by atoms with Gasteiger partial charge in [0.1, 0.15) is 0 Å². The Balaban J connectivity index is 5.30. The molecule has 0 aromatic carbocycles. The topological polar surface area (TPSA) is 58.9 Å². The summed E-state index contributed by atoms with van der Waals surface area (Å²) in [5.41, 5.74) is -0.306. The quantitative estimate of drug-likeness (QED) is 0.635. The lowest BCUT2D eigenvalue weighted by atomic mass is 9.99. The van der Waals surface area contributed by atoms with E-state index in [0.717, 1.165) is 18.4 Å². The molecule has 0 aliphatic rings. The largest absolute Gasteiger partial charge is 0.438 e. The molecule has 0 rings (SSSR count). The number of aliphatic hydroxyl groups is 2. The average Bonchev–Trinajstić information content (AvgIpc) is 2.20. The first-order chi connectivity index (χ1) is 8.82. The average molecular weight is 338 g/mol. The second-order valence-electron chi connectivity index (χ2n) is 7.50. The van der Waals surface area contributed by atoms with Crippen molar-refractivity contribution in [1.82, 2.24) is 0 Å². The summed E-state index contributed by atoms with van der Waals surface area (Å²) in [5, 5.41) is 20.0. The minimum absolute atomic E-state index is 0.282.